The van der Waals surface area contributed by atoms with Crippen LogP contribution in [0.2, 0.25) is 0 Å². The number of allylic oxidation sites excluding steroid dienone is 1. The molecule has 0 spiro atoms. The predicted molar refractivity (Wildman–Crippen MR) is 88.5 cm³/mol. The number of ketones is 1. The van der Waals surface area contributed by atoms with Crippen molar-refractivity contribution in [3.05, 3.63) is 71.8 Å². The fourth-order valence-corrected chi connectivity index (χ4v) is 2.45. The average molecular weight is 323 g/mol. The quantitative estimate of drug-likeness (QED) is 0.412. The fraction of sp³-hybridized carbons (Fsp3) is 0.176. The molecule has 122 valence electrons. The third-order valence-corrected chi connectivity index (χ3v) is 3.64. The fourth-order valence-electron chi connectivity index (χ4n) is 2.45. The zero-order chi connectivity index (χ0) is 16.9. The molecule has 0 aliphatic heterocycles. The highest BCUT2D eigenvalue weighted by Crippen LogP contribution is 2.16. The number of nitrogens with one attached hydrogen (secondary N) is 1. The first kappa shape index (κ1) is 15.7. The molecule has 3 aromatic heterocycles. The number of carbonyl (C=O) groups is 1. The summed E-state index contributed by atoms with van der Waals surface area (Å²) in [6.07, 6.45) is 10.4. The number of hydrogen-bond acceptors (Lipinski definition) is 5. The predicted octanol–water partition coefficient (Wildman–Crippen LogP) is 2.39. The molecule has 3 rings (SSSR count). The SMILES string of the molecule is CCc1cn(Cc2ccncc2)cc1C(=O)C=C(O)c1nc[nH]n1. The summed E-state index contributed by atoms with van der Waals surface area (Å²) in [4.78, 5) is 20.3. The van der Waals surface area contributed by atoms with Crippen LogP contribution in [-0.2, 0) is 13.0 Å². The Kier molecular flexibility index (Phi) is 4.51. The van der Waals surface area contributed by atoms with E-state index in [2.05, 4.69) is 20.2 Å². The van der Waals surface area contributed by atoms with Crippen LogP contribution in [-0.4, -0.2) is 35.6 Å². The van der Waals surface area contributed by atoms with Crippen molar-refractivity contribution in [2.24, 2.45) is 0 Å². The molecule has 0 amide bonds. The highest BCUT2D eigenvalue weighted by atomic mass is 16.3. The van der Waals surface area contributed by atoms with Crippen LogP contribution in [0, 0.1) is 0 Å². The number of aromatic nitrogens is 5. The van der Waals surface area contributed by atoms with E-state index in [0.29, 0.717) is 12.1 Å². The Morgan fingerprint density at radius 1 is 1.33 bits per heavy atom. The molecule has 7 nitrogen and oxygen atoms in total. The maximum Gasteiger partial charge on any atom is 0.215 e. The molecule has 0 saturated carbocycles. The third kappa shape index (κ3) is 3.40. The Hall–Kier alpha value is -3.22. The van der Waals surface area contributed by atoms with Crippen molar-refractivity contribution in [2.45, 2.75) is 19.9 Å². The van der Waals surface area contributed by atoms with Gasteiger partial charge in [0.15, 0.2) is 11.5 Å². The molecule has 0 saturated heterocycles. The number of aliphatic hydroxyl groups is 1. The Morgan fingerprint density at radius 2 is 2.12 bits per heavy atom. The van der Waals surface area contributed by atoms with Gasteiger partial charge in [-0.15, -0.1) is 0 Å². The van der Waals surface area contributed by atoms with Gasteiger partial charge in [-0.3, -0.25) is 14.9 Å². The summed E-state index contributed by atoms with van der Waals surface area (Å²) in [5, 5.41) is 16.2. The lowest BCUT2D eigenvalue weighted by Crippen LogP contribution is -2.00. The maximum absolute atomic E-state index is 12.5. The van der Waals surface area contributed by atoms with E-state index in [1.165, 1.54) is 6.33 Å². The molecule has 0 radical (unpaired) electrons. The molecule has 0 aliphatic carbocycles. The van der Waals surface area contributed by atoms with E-state index in [9.17, 15) is 9.90 Å². The van der Waals surface area contributed by atoms with Gasteiger partial charge in [-0.1, -0.05) is 6.92 Å². The van der Waals surface area contributed by atoms with Crippen molar-refractivity contribution in [1.82, 2.24) is 24.7 Å². The van der Waals surface area contributed by atoms with Gasteiger partial charge in [0, 0.05) is 43.0 Å². The number of H-pyrrole nitrogens is 1. The number of rotatable bonds is 6. The van der Waals surface area contributed by atoms with Crippen molar-refractivity contribution in [3.8, 4) is 0 Å². The summed E-state index contributed by atoms with van der Waals surface area (Å²) < 4.78 is 1.96. The Labute approximate surface area is 138 Å². The van der Waals surface area contributed by atoms with Crippen molar-refractivity contribution in [3.63, 3.8) is 0 Å². The van der Waals surface area contributed by atoms with Gasteiger partial charge in [-0.2, -0.15) is 5.10 Å². The number of aromatic amines is 1. The van der Waals surface area contributed by atoms with Crippen molar-refractivity contribution < 1.29 is 9.90 Å². The van der Waals surface area contributed by atoms with Crippen LogP contribution in [0.5, 0.6) is 0 Å². The average Bonchev–Trinajstić information content (AvgIpc) is 3.25. The molecule has 0 aromatic carbocycles. The lowest BCUT2D eigenvalue weighted by Gasteiger charge is -2.01. The van der Waals surface area contributed by atoms with Crippen LogP contribution in [0.1, 0.15) is 34.2 Å². The molecular weight excluding hydrogens is 306 g/mol. The van der Waals surface area contributed by atoms with Crippen LogP contribution in [0.3, 0.4) is 0 Å². The van der Waals surface area contributed by atoms with Crippen LogP contribution < -0.4 is 0 Å². The molecule has 24 heavy (non-hydrogen) atoms. The Morgan fingerprint density at radius 3 is 2.79 bits per heavy atom. The lowest BCUT2D eigenvalue weighted by molar-refractivity contribution is 0.104. The zero-order valence-corrected chi connectivity index (χ0v) is 13.2. The second-order valence-corrected chi connectivity index (χ2v) is 5.29. The molecule has 2 N–H and O–H groups in total. The van der Waals surface area contributed by atoms with Crippen LogP contribution in [0.4, 0.5) is 0 Å². The van der Waals surface area contributed by atoms with E-state index in [1.54, 1.807) is 18.6 Å². The normalized spacial score (nSPS) is 11.6. The van der Waals surface area contributed by atoms with Crippen molar-refractivity contribution in [2.75, 3.05) is 0 Å². The van der Waals surface area contributed by atoms with Gasteiger partial charge in [-0.25, -0.2) is 4.98 Å². The smallest absolute Gasteiger partial charge is 0.215 e. The molecular formula is C17H17N5O2. The second-order valence-electron chi connectivity index (χ2n) is 5.29. The Bertz CT molecular complexity index is 851. The minimum absolute atomic E-state index is 0.0950. The van der Waals surface area contributed by atoms with E-state index in [1.807, 2.05) is 29.8 Å². The van der Waals surface area contributed by atoms with Crippen LogP contribution >= 0.6 is 0 Å². The molecule has 0 fully saturated rings. The summed E-state index contributed by atoms with van der Waals surface area (Å²) in [6, 6.07) is 3.87. The molecule has 0 aliphatic rings. The van der Waals surface area contributed by atoms with Gasteiger partial charge in [-0.05, 0) is 29.7 Å². The summed E-state index contributed by atoms with van der Waals surface area (Å²) in [6.45, 7) is 2.64. The van der Waals surface area contributed by atoms with E-state index in [0.717, 1.165) is 23.6 Å². The lowest BCUT2D eigenvalue weighted by atomic mass is 10.1. The minimum atomic E-state index is -0.275. The van der Waals surface area contributed by atoms with Gasteiger partial charge >= 0.3 is 0 Å². The van der Waals surface area contributed by atoms with E-state index < -0.39 is 0 Å². The number of nitrogens with zero attached hydrogens (tertiary/aromatic N) is 4. The Balaban J connectivity index is 1.85. The van der Waals surface area contributed by atoms with E-state index in [4.69, 9.17) is 0 Å². The molecule has 0 bridgehead atoms. The van der Waals surface area contributed by atoms with Gasteiger partial charge in [0.05, 0.1) is 0 Å². The molecule has 0 atom stereocenters. The zero-order valence-electron chi connectivity index (χ0n) is 13.2. The molecule has 0 unspecified atom stereocenters. The summed E-state index contributed by atoms with van der Waals surface area (Å²) in [5.41, 5.74) is 2.59. The van der Waals surface area contributed by atoms with Gasteiger partial charge in [0.25, 0.3) is 0 Å². The van der Waals surface area contributed by atoms with Crippen LogP contribution in [0.15, 0.2) is 49.3 Å². The molecule has 3 aromatic rings. The van der Waals surface area contributed by atoms with Gasteiger partial charge < -0.3 is 9.67 Å². The number of pyridine rings is 1. The number of aliphatic hydroxyl groups excluding tert-OH is 1. The van der Waals surface area contributed by atoms with Gasteiger partial charge in [0.1, 0.15) is 6.33 Å². The minimum Gasteiger partial charge on any atom is -0.504 e. The molecule has 3 heterocycles. The van der Waals surface area contributed by atoms with Crippen molar-refractivity contribution in [1.29, 1.82) is 0 Å². The number of hydrogen-bond donors (Lipinski definition) is 2. The third-order valence-electron chi connectivity index (χ3n) is 3.64. The number of carbonyl (C=O) groups excluding carboxylic acids is 1. The standard InChI is InChI=1S/C17H17N5O2/c1-2-13-9-22(8-12-3-5-18-6-4-12)10-14(13)15(23)7-16(24)17-19-11-20-21-17/h3-7,9-11,24H,2,8H2,1H3,(H,19,20,21). The maximum atomic E-state index is 12.5. The van der Waals surface area contributed by atoms with Gasteiger partial charge in [0.2, 0.25) is 5.82 Å². The summed E-state index contributed by atoms with van der Waals surface area (Å²) in [7, 11) is 0. The second kappa shape index (κ2) is 6.91. The van der Waals surface area contributed by atoms with E-state index in [-0.39, 0.29) is 17.4 Å². The van der Waals surface area contributed by atoms with E-state index >= 15 is 0 Å². The van der Waals surface area contributed by atoms with Crippen LogP contribution in [0.25, 0.3) is 5.76 Å². The first-order chi connectivity index (χ1) is 11.7. The summed E-state index contributed by atoms with van der Waals surface area (Å²) in [5.74, 6) is -0.439. The summed E-state index contributed by atoms with van der Waals surface area (Å²) >= 11 is 0. The topological polar surface area (TPSA) is 96.7 Å². The first-order valence-corrected chi connectivity index (χ1v) is 7.56. The van der Waals surface area contributed by atoms with Crippen molar-refractivity contribution >= 4 is 11.5 Å². The largest absolute Gasteiger partial charge is 0.504 e. The highest BCUT2D eigenvalue weighted by Gasteiger charge is 2.14. The number of aryl methyl sites for hydroxylation is 1. The first-order valence-electron chi connectivity index (χ1n) is 7.56. The highest BCUT2D eigenvalue weighted by molar-refractivity contribution is 6.08. The molecule has 7 heteroatoms. The monoisotopic (exact) mass is 323 g/mol.